The zero-order valence-electron chi connectivity index (χ0n) is 14.3. The molecule has 0 saturated heterocycles. The van der Waals surface area contributed by atoms with Crippen LogP contribution in [0.2, 0.25) is 5.02 Å². The van der Waals surface area contributed by atoms with Gasteiger partial charge in [-0.2, -0.15) is 0 Å². The second kappa shape index (κ2) is 7.09. The van der Waals surface area contributed by atoms with E-state index in [1.807, 2.05) is 25.1 Å². The molecular weight excluding hydrogens is 388 g/mol. The predicted molar refractivity (Wildman–Crippen MR) is 104 cm³/mol. The molecular formula is C19H15ClN2O4S. The summed E-state index contributed by atoms with van der Waals surface area (Å²) >= 11 is 7.66. The van der Waals surface area contributed by atoms with Gasteiger partial charge in [0.1, 0.15) is 18.1 Å². The van der Waals surface area contributed by atoms with E-state index < -0.39 is 11.8 Å². The molecule has 0 radical (unpaired) electrons. The van der Waals surface area contributed by atoms with E-state index in [1.54, 1.807) is 18.2 Å². The Morgan fingerprint density at radius 2 is 1.78 bits per heavy atom. The van der Waals surface area contributed by atoms with E-state index in [0.717, 1.165) is 15.6 Å². The molecule has 0 spiro atoms. The summed E-state index contributed by atoms with van der Waals surface area (Å²) in [5.41, 5.74) is 6.16. The Morgan fingerprint density at radius 1 is 1.04 bits per heavy atom. The normalized spacial score (nSPS) is 12.7. The lowest BCUT2D eigenvalue weighted by Crippen LogP contribution is -2.41. The van der Waals surface area contributed by atoms with Crippen molar-refractivity contribution in [2.75, 3.05) is 13.2 Å². The highest BCUT2D eigenvalue weighted by molar-refractivity contribution is 7.21. The first-order valence-corrected chi connectivity index (χ1v) is 9.42. The van der Waals surface area contributed by atoms with Gasteiger partial charge in [0.05, 0.1) is 5.02 Å². The topological polar surface area (TPSA) is 76.7 Å². The van der Waals surface area contributed by atoms with Gasteiger partial charge in [-0.25, -0.2) is 0 Å². The van der Waals surface area contributed by atoms with Gasteiger partial charge in [0.15, 0.2) is 11.5 Å². The fraction of sp³-hybridized carbons (Fsp3) is 0.158. The van der Waals surface area contributed by atoms with Gasteiger partial charge in [-0.1, -0.05) is 23.7 Å². The maximum Gasteiger partial charge on any atom is 0.281 e. The molecule has 2 heterocycles. The molecule has 0 fully saturated rings. The second-order valence-corrected chi connectivity index (χ2v) is 7.39. The molecule has 1 aliphatic rings. The third-order valence-corrected chi connectivity index (χ3v) is 5.81. The highest BCUT2D eigenvalue weighted by Gasteiger charge is 2.20. The van der Waals surface area contributed by atoms with Crippen molar-refractivity contribution in [3.8, 4) is 11.5 Å². The predicted octanol–water partition coefficient (Wildman–Crippen LogP) is 3.71. The molecule has 4 rings (SSSR count). The van der Waals surface area contributed by atoms with Crippen LogP contribution in [0.3, 0.4) is 0 Å². The van der Waals surface area contributed by atoms with Gasteiger partial charge in [-0.3, -0.25) is 20.4 Å². The van der Waals surface area contributed by atoms with Crippen molar-refractivity contribution in [1.82, 2.24) is 10.9 Å². The van der Waals surface area contributed by atoms with Crippen molar-refractivity contribution in [3.63, 3.8) is 0 Å². The molecule has 8 heteroatoms. The number of halogens is 1. The third kappa shape index (κ3) is 3.31. The Hall–Kier alpha value is -2.77. The number of carbonyl (C=O) groups is 2. The van der Waals surface area contributed by atoms with Gasteiger partial charge in [0.2, 0.25) is 0 Å². The van der Waals surface area contributed by atoms with Crippen LogP contribution in [-0.4, -0.2) is 25.0 Å². The van der Waals surface area contributed by atoms with Crippen molar-refractivity contribution in [3.05, 3.63) is 57.4 Å². The van der Waals surface area contributed by atoms with Crippen LogP contribution in [0.25, 0.3) is 10.1 Å². The van der Waals surface area contributed by atoms with Crippen LogP contribution in [0.4, 0.5) is 0 Å². The minimum atomic E-state index is -0.466. The van der Waals surface area contributed by atoms with Crippen LogP contribution < -0.4 is 20.3 Å². The highest BCUT2D eigenvalue weighted by Crippen LogP contribution is 2.37. The van der Waals surface area contributed by atoms with E-state index in [4.69, 9.17) is 21.1 Å². The Balaban J connectivity index is 1.49. The van der Waals surface area contributed by atoms with Crippen LogP contribution in [0.5, 0.6) is 11.5 Å². The van der Waals surface area contributed by atoms with E-state index in [-0.39, 0.29) is 0 Å². The molecule has 0 saturated carbocycles. The minimum absolute atomic E-state index is 0.345. The molecule has 0 unspecified atom stereocenters. The fourth-order valence-corrected chi connectivity index (χ4v) is 4.42. The Kier molecular flexibility index (Phi) is 4.63. The zero-order valence-corrected chi connectivity index (χ0v) is 15.9. The highest BCUT2D eigenvalue weighted by atomic mass is 35.5. The molecule has 2 aromatic carbocycles. The summed E-state index contributed by atoms with van der Waals surface area (Å²) in [5, 5.41) is 1.24. The number of hydrogen-bond donors (Lipinski definition) is 2. The molecule has 2 amide bonds. The molecule has 0 atom stereocenters. The van der Waals surface area contributed by atoms with E-state index in [9.17, 15) is 9.59 Å². The third-order valence-electron chi connectivity index (χ3n) is 4.17. The Labute approximate surface area is 164 Å². The second-order valence-electron chi connectivity index (χ2n) is 5.96. The SMILES string of the molecule is Cc1cccc2sc(C(=O)NNC(=O)c3ccc4c(c3)OCCO4)c(Cl)c12. The van der Waals surface area contributed by atoms with Gasteiger partial charge >= 0.3 is 0 Å². The van der Waals surface area contributed by atoms with Crippen molar-refractivity contribution < 1.29 is 19.1 Å². The Bertz CT molecular complexity index is 1060. The van der Waals surface area contributed by atoms with Crippen molar-refractivity contribution >= 4 is 44.8 Å². The van der Waals surface area contributed by atoms with Crippen LogP contribution in [0, 0.1) is 6.92 Å². The molecule has 6 nitrogen and oxygen atoms in total. The summed E-state index contributed by atoms with van der Waals surface area (Å²) in [6.07, 6.45) is 0. The first kappa shape index (κ1) is 17.6. The van der Waals surface area contributed by atoms with Crippen LogP contribution in [0.1, 0.15) is 25.6 Å². The molecule has 27 heavy (non-hydrogen) atoms. The maximum absolute atomic E-state index is 12.5. The number of aryl methyl sites for hydroxylation is 1. The number of benzene rings is 2. The molecule has 2 N–H and O–H groups in total. The lowest BCUT2D eigenvalue weighted by atomic mass is 10.1. The number of hydrazine groups is 1. The number of thiophene rings is 1. The number of rotatable bonds is 2. The first-order chi connectivity index (χ1) is 13.0. The number of carbonyl (C=O) groups excluding carboxylic acids is 2. The number of hydrogen-bond acceptors (Lipinski definition) is 5. The van der Waals surface area contributed by atoms with Crippen LogP contribution in [0.15, 0.2) is 36.4 Å². The molecule has 1 aliphatic heterocycles. The van der Waals surface area contributed by atoms with Crippen LogP contribution in [-0.2, 0) is 0 Å². The van der Waals surface area contributed by atoms with Gasteiger partial charge in [0.25, 0.3) is 11.8 Å². The zero-order chi connectivity index (χ0) is 19.0. The maximum atomic E-state index is 12.5. The molecule has 1 aromatic heterocycles. The fourth-order valence-electron chi connectivity index (χ4n) is 2.85. The smallest absolute Gasteiger partial charge is 0.281 e. The van der Waals surface area contributed by atoms with Gasteiger partial charge in [0, 0.05) is 15.6 Å². The lowest BCUT2D eigenvalue weighted by Gasteiger charge is -2.18. The average molecular weight is 403 g/mol. The summed E-state index contributed by atoms with van der Waals surface area (Å²) in [6.45, 7) is 2.84. The first-order valence-electron chi connectivity index (χ1n) is 8.22. The standard InChI is InChI=1S/C19H15ClN2O4S/c1-10-3-2-4-14-15(10)16(20)17(27-14)19(24)22-21-18(23)11-5-6-12-13(9-11)26-8-7-25-12/h2-6,9H,7-8H2,1H3,(H,21,23)(H,22,24). The van der Waals surface area contributed by atoms with Crippen molar-refractivity contribution in [2.45, 2.75) is 6.92 Å². The number of amides is 2. The molecule has 0 aliphatic carbocycles. The lowest BCUT2D eigenvalue weighted by molar-refractivity contribution is 0.0848. The van der Waals surface area contributed by atoms with Crippen molar-refractivity contribution in [1.29, 1.82) is 0 Å². The summed E-state index contributed by atoms with van der Waals surface area (Å²) in [7, 11) is 0. The average Bonchev–Trinajstić information content (AvgIpc) is 3.03. The summed E-state index contributed by atoms with van der Waals surface area (Å²) in [6, 6.07) is 10.6. The Morgan fingerprint density at radius 3 is 2.56 bits per heavy atom. The van der Waals surface area contributed by atoms with Crippen LogP contribution >= 0.6 is 22.9 Å². The summed E-state index contributed by atoms with van der Waals surface area (Å²) in [5.74, 6) is 0.165. The molecule has 138 valence electrons. The number of fused-ring (bicyclic) bond motifs is 2. The number of ether oxygens (including phenoxy) is 2. The summed E-state index contributed by atoms with van der Waals surface area (Å²) < 4.78 is 11.8. The van der Waals surface area contributed by atoms with Crippen molar-refractivity contribution in [2.24, 2.45) is 0 Å². The molecule has 3 aromatic rings. The number of nitrogens with one attached hydrogen (secondary N) is 2. The van der Waals surface area contributed by atoms with E-state index >= 15 is 0 Å². The monoisotopic (exact) mass is 402 g/mol. The van der Waals surface area contributed by atoms with Gasteiger partial charge in [-0.15, -0.1) is 11.3 Å². The van der Waals surface area contributed by atoms with E-state index in [2.05, 4.69) is 10.9 Å². The van der Waals surface area contributed by atoms with E-state index in [1.165, 1.54) is 11.3 Å². The molecule has 0 bridgehead atoms. The summed E-state index contributed by atoms with van der Waals surface area (Å²) in [4.78, 5) is 25.1. The van der Waals surface area contributed by atoms with Gasteiger partial charge in [-0.05, 0) is 36.8 Å². The minimum Gasteiger partial charge on any atom is -0.486 e. The largest absolute Gasteiger partial charge is 0.486 e. The van der Waals surface area contributed by atoms with E-state index in [0.29, 0.717) is 40.2 Å². The quantitative estimate of drug-likeness (QED) is 0.641. The van der Waals surface area contributed by atoms with Gasteiger partial charge < -0.3 is 9.47 Å².